The summed E-state index contributed by atoms with van der Waals surface area (Å²) in [7, 11) is 1.81. The highest BCUT2D eigenvalue weighted by Crippen LogP contribution is 2.37. The lowest BCUT2D eigenvalue weighted by molar-refractivity contribution is -0.0180. The van der Waals surface area contributed by atoms with Crippen molar-refractivity contribution in [2.75, 3.05) is 33.4 Å². The van der Waals surface area contributed by atoms with Gasteiger partial charge in [-0.15, -0.1) is 0 Å². The van der Waals surface area contributed by atoms with Crippen LogP contribution in [0.3, 0.4) is 0 Å². The Kier molecular flexibility index (Phi) is 5.88. The lowest BCUT2D eigenvalue weighted by Crippen LogP contribution is -2.70. The van der Waals surface area contributed by atoms with Gasteiger partial charge in [0.2, 0.25) is 0 Å². The molecule has 1 aliphatic carbocycles. The molecule has 2 aliphatic rings. The molecule has 3 nitrogen and oxygen atoms in total. The fraction of sp³-hybridized carbons (Fsp3) is 1.00. The van der Waals surface area contributed by atoms with Crippen molar-refractivity contribution in [1.29, 1.82) is 0 Å². The van der Waals surface area contributed by atoms with E-state index in [1.807, 2.05) is 7.11 Å². The zero-order valence-electron chi connectivity index (χ0n) is 13.8. The van der Waals surface area contributed by atoms with Crippen molar-refractivity contribution < 1.29 is 4.74 Å². The Morgan fingerprint density at radius 2 is 1.80 bits per heavy atom. The first-order valence-electron chi connectivity index (χ1n) is 8.69. The molecular formula is C17H34N2O. The van der Waals surface area contributed by atoms with Crippen molar-refractivity contribution in [3.8, 4) is 0 Å². The van der Waals surface area contributed by atoms with Gasteiger partial charge in [-0.05, 0) is 32.1 Å². The van der Waals surface area contributed by atoms with Crippen molar-refractivity contribution in [2.45, 2.75) is 76.3 Å². The van der Waals surface area contributed by atoms with Crippen LogP contribution in [0.4, 0.5) is 0 Å². The van der Waals surface area contributed by atoms with Gasteiger partial charge in [-0.3, -0.25) is 4.90 Å². The normalized spacial score (nSPS) is 25.9. The standard InChI is InChI=1S/C17H34N2O/c1-4-17(5-2)14-18-16(10-7-6-8-11-16)15-19(17)12-9-13-20-3/h18H,4-15H2,1-3H3. The maximum Gasteiger partial charge on any atom is 0.0474 e. The molecular weight excluding hydrogens is 248 g/mol. The van der Waals surface area contributed by atoms with Gasteiger partial charge >= 0.3 is 0 Å². The van der Waals surface area contributed by atoms with Crippen LogP contribution in [-0.2, 0) is 4.74 Å². The molecule has 118 valence electrons. The minimum absolute atomic E-state index is 0.371. The number of nitrogens with zero attached hydrogens (tertiary/aromatic N) is 1. The van der Waals surface area contributed by atoms with Crippen molar-refractivity contribution in [2.24, 2.45) is 0 Å². The van der Waals surface area contributed by atoms with Crippen LogP contribution in [0.5, 0.6) is 0 Å². The molecule has 0 aromatic heterocycles. The van der Waals surface area contributed by atoms with Crippen molar-refractivity contribution in [3.63, 3.8) is 0 Å². The Bertz CT molecular complexity index is 283. The number of hydrogen-bond acceptors (Lipinski definition) is 3. The molecule has 0 radical (unpaired) electrons. The third-order valence-corrected chi connectivity index (χ3v) is 5.86. The van der Waals surface area contributed by atoms with Crippen LogP contribution in [0, 0.1) is 0 Å². The molecule has 0 unspecified atom stereocenters. The molecule has 1 spiro atoms. The second kappa shape index (κ2) is 7.24. The first-order valence-corrected chi connectivity index (χ1v) is 8.69. The largest absolute Gasteiger partial charge is 0.385 e. The molecule has 0 aromatic carbocycles. The average Bonchev–Trinajstić information content (AvgIpc) is 2.49. The second-order valence-electron chi connectivity index (χ2n) is 6.89. The summed E-state index contributed by atoms with van der Waals surface area (Å²) in [6.07, 6.45) is 10.6. The molecule has 0 amide bonds. The van der Waals surface area contributed by atoms with Gasteiger partial charge in [0.15, 0.2) is 0 Å². The maximum absolute atomic E-state index is 5.26. The van der Waals surface area contributed by atoms with Crippen LogP contribution in [-0.4, -0.2) is 49.3 Å². The van der Waals surface area contributed by atoms with E-state index in [1.54, 1.807) is 0 Å². The smallest absolute Gasteiger partial charge is 0.0474 e. The first-order chi connectivity index (χ1) is 9.70. The highest BCUT2D eigenvalue weighted by Gasteiger charge is 2.45. The molecule has 3 heteroatoms. The van der Waals surface area contributed by atoms with E-state index in [0.29, 0.717) is 11.1 Å². The molecule has 0 aromatic rings. The van der Waals surface area contributed by atoms with Gasteiger partial charge < -0.3 is 10.1 Å². The molecule has 1 saturated carbocycles. The summed E-state index contributed by atoms with van der Waals surface area (Å²) in [5.74, 6) is 0. The number of nitrogens with one attached hydrogen (secondary N) is 1. The van der Waals surface area contributed by atoms with Gasteiger partial charge in [-0.1, -0.05) is 33.1 Å². The third kappa shape index (κ3) is 3.37. The van der Waals surface area contributed by atoms with Crippen LogP contribution in [0.1, 0.15) is 65.2 Å². The van der Waals surface area contributed by atoms with E-state index in [9.17, 15) is 0 Å². The summed E-state index contributed by atoms with van der Waals surface area (Å²) in [5, 5.41) is 3.97. The van der Waals surface area contributed by atoms with Gasteiger partial charge in [0.1, 0.15) is 0 Å². The summed E-state index contributed by atoms with van der Waals surface area (Å²) in [4.78, 5) is 2.80. The minimum Gasteiger partial charge on any atom is -0.385 e. The number of piperazine rings is 1. The molecule has 20 heavy (non-hydrogen) atoms. The lowest BCUT2D eigenvalue weighted by atomic mass is 9.75. The highest BCUT2D eigenvalue weighted by molar-refractivity contribution is 5.05. The fourth-order valence-electron chi connectivity index (χ4n) is 4.28. The van der Waals surface area contributed by atoms with E-state index in [1.165, 1.54) is 64.6 Å². The summed E-state index contributed by atoms with van der Waals surface area (Å²) in [6.45, 7) is 9.21. The molecule has 1 heterocycles. The average molecular weight is 282 g/mol. The third-order valence-electron chi connectivity index (χ3n) is 5.86. The summed E-state index contributed by atoms with van der Waals surface area (Å²) in [5.41, 5.74) is 0.787. The predicted molar refractivity (Wildman–Crippen MR) is 85.2 cm³/mol. The van der Waals surface area contributed by atoms with Gasteiger partial charge in [0, 0.05) is 44.4 Å². The van der Waals surface area contributed by atoms with Crippen LogP contribution >= 0.6 is 0 Å². The van der Waals surface area contributed by atoms with E-state index in [0.717, 1.165) is 13.0 Å². The highest BCUT2D eigenvalue weighted by atomic mass is 16.5. The SMILES string of the molecule is CCC1(CC)CNC2(CCCCC2)CN1CCCOC. The summed E-state index contributed by atoms with van der Waals surface area (Å²) in [6, 6.07) is 0. The summed E-state index contributed by atoms with van der Waals surface area (Å²) >= 11 is 0. The van der Waals surface area contributed by atoms with Crippen LogP contribution in [0.2, 0.25) is 0 Å². The number of rotatable bonds is 6. The Morgan fingerprint density at radius 3 is 2.40 bits per heavy atom. The quantitative estimate of drug-likeness (QED) is 0.757. The lowest BCUT2D eigenvalue weighted by Gasteiger charge is -2.56. The van der Waals surface area contributed by atoms with Crippen LogP contribution < -0.4 is 5.32 Å². The first kappa shape index (κ1) is 16.3. The van der Waals surface area contributed by atoms with Crippen molar-refractivity contribution in [3.05, 3.63) is 0 Å². The van der Waals surface area contributed by atoms with E-state index in [4.69, 9.17) is 4.74 Å². The molecule has 0 bridgehead atoms. The number of hydrogen-bond donors (Lipinski definition) is 1. The van der Waals surface area contributed by atoms with Crippen molar-refractivity contribution in [1.82, 2.24) is 10.2 Å². The Hall–Kier alpha value is -0.120. The van der Waals surface area contributed by atoms with Crippen molar-refractivity contribution >= 4 is 0 Å². The zero-order valence-corrected chi connectivity index (χ0v) is 13.8. The minimum atomic E-state index is 0.371. The number of ether oxygens (including phenoxy) is 1. The Labute approximate surface area is 125 Å². The molecule has 0 atom stereocenters. The maximum atomic E-state index is 5.26. The summed E-state index contributed by atoms with van der Waals surface area (Å²) < 4.78 is 5.26. The van der Waals surface area contributed by atoms with E-state index in [-0.39, 0.29) is 0 Å². The van der Waals surface area contributed by atoms with E-state index >= 15 is 0 Å². The van der Waals surface area contributed by atoms with Crippen LogP contribution in [0.25, 0.3) is 0 Å². The molecule has 1 saturated heterocycles. The fourth-order valence-corrected chi connectivity index (χ4v) is 4.28. The monoisotopic (exact) mass is 282 g/mol. The van der Waals surface area contributed by atoms with Crippen LogP contribution in [0.15, 0.2) is 0 Å². The van der Waals surface area contributed by atoms with E-state index in [2.05, 4.69) is 24.1 Å². The zero-order chi connectivity index (χ0) is 14.5. The second-order valence-corrected chi connectivity index (χ2v) is 6.89. The van der Waals surface area contributed by atoms with Gasteiger partial charge in [-0.2, -0.15) is 0 Å². The topological polar surface area (TPSA) is 24.5 Å². The van der Waals surface area contributed by atoms with Gasteiger partial charge in [0.05, 0.1) is 0 Å². The molecule has 2 fully saturated rings. The molecule has 1 aliphatic heterocycles. The Balaban J connectivity index is 2.05. The van der Waals surface area contributed by atoms with Gasteiger partial charge in [0.25, 0.3) is 0 Å². The Morgan fingerprint density at radius 1 is 1.10 bits per heavy atom. The van der Waals surface area contributed by atoms with E-state index < -0.39 is 0 Å². The predicted octanol–water partition coefficient (Wildman–Crippen LogP) is 3.19. The number of methoxy groups -OCH3 is 1. The molecule has 2 rings (SSSR count). The molecule has 1 N–H and O–H groups in total. The van der Waals surface area contributed by atoms with Gasteiger partial charge in [-0.25, -0.2) is 0 Å².